The Morgan fingerprint density at radius 3 is 1.10 bits per heavy atom. The van der Waals surface area contributed by atoms with Crippen LogP contribution in [0.15, 0.2) is 0 Å². The fourth-order valence-corrected chi connectivity index (χ4v) is 0.625. The highest BCUT2D eigenvalue weighted by atomic mass is 15.0. The van der Waals surface area contributed by atoms with E-state index in [2.05, 4.69) is 19.2 Å². The smallest absolute Gasteiger partial charge is 0.00149 e. The van der Waals surface area contributed by atoms with Crippen LogP contribution in [0, 0.1) is 5.41 Å². The Kier molecular flexibility index (Phi) is 8.92. The molecule has 1 N–H and O–H groups in total. The summed E-state index contributed by atoms with van der Waals surface area (Å²) in [7, 11) is 0. The van der Waals surface area contributed by atoms with Gasteiger partial charge in [0.1, 0.15) is 0 Å². The van der Waals surface area contributed by atoms with Gasteiger partial charge in [-0.25, -0.2) is 0 Å². The van der Waals surface area contributed by atoms with Crippen molar-refractivity contribution in [1.29, 1.82) is 0 Å². The first-order valence-electron chi connectivity index (χ1n) is 4.41. The van der Waals surface area contributed by atoms with Crippen molar-refractivity contribution in [3.05, 3.63) is 0 Å². The third kappa shape index (κ3) is 6.09. The molecule has 0 radical (unpaired) electrons. The summed E-state index contributed by atoms with van der Waals surface area (Å²) in [4.78, 5) is 0. The monoisotopic (exact) mass is 145 g/mol. The second-order valence-electron chi connectivity index (χ2n) is 2.77. The molecule has 0 atom stereocenters. The molecule has 10 heavy (non-hydrogen) atoms. The van der Waals surface area contributed by atoms with Crippen molar-refractivity contribution in [3.63, 3.8) is 0 Å². The van der Waals surface area contributed by atoms with E-state index in [9.17, 15) is 0 Å². The molecule has 1 rings (SSSR count). The summed E-state index contributed by atoms with van der Waals surface area (Å²) in [5.74, 6) is 0. The van der Waals surface area contributed by atoms with Gasteiger partial charge >= 0.3 is 0 Å². The minimum Gasteiger partial charge on any atom is -0.316 e. The zero-order valence-corrected chi connectivity index (χ0v) is 8.41. The van der Waals surface area contributed by atoms with Gasteiger partial charge in [0.2, 0.25) is 0 Å². The lowest BCUT2D eigenvalue weighted by atomic mass is 9.87. The Morgan fingerprint density at radius 1 is 0.900 bits per heavy atom. The van der Waals surface area contributed by atoms with E-state index >= 15 is 0 Å². The van der Waals surface area contributed by atoms with Gasteiger partial charge in [-0.1, -0.05) is 41.5 Å². The SMILES string of the molecule is CC.CC.CC1(C)CNC1. The normalized spacial score (nSPS) is 18.6. The Morgan fingerprint density at radius 2 is 1.10 bits per heavy atom. The lowest BCUT2D eigenvalue weighted by Crippen LogP contribution is -2.49. The van der Waals surface area contributed by atoms with E-state index in [0.717, 1.165) is 0 Å². The van der Waals surface area contributed by atoms with Gasteiger partial charge in [-0.05, 0) is 5.41 Å². The first kappa shape index (κ1) is 12.6. The van der Waals surface area contributed by atoms with Crippen LogP contribution in [0.3, 0.4) is 0 Å². The van der Waals surface area contributed by atoms with E-state index in [0.29, 0.717) is 5.41 Å². The Hall–Kier alpha value is -0.0400. The third-order valence-corrected chi connectivity index (χ3v) is 1.21. The van der Waals surface area contributed by atoms with Crippen LogP contribution in [0.1, 0.15) is 41.5 Å². The third-order valence-electron chi connectivity index (χ3n) is 1.21. The first-order chi connectivity index (χ1) is 4.71. The number of hydrogen-bond acceptors (Lipinski definition) is 1. The molecule has 1 saturated heterocycles. The molecular weight excluding hydrogens is 122 g/mol. The average molecular weight is 145 g/mol. The van der Waals surface area contributed by atoms with Gasteiger partial charge in [-0.3, -0.25) is 0 Å². The summed E-state index contributed by atoms with van der Waals surface area (Å²) in [5, 5.41) is 3.20. The van der Waals surface area contributed by atoms with Gasteiger partial charge in [0.25, 0.3) is 0 Å². The summed E-state index contributed by atoms with van der Waals surface area (Å²) in [6.07, 6.45) is 0. The summed E-state index contributed by atoms with van der Waals surface area (Å²) in [5.41, 5.74) is 0.611. The molecule has 0 aromatic carbocycles. The fraction of sp³-hybridized carbons (Fsp3) is 1.00. The molecular formula is C9H23N. The molecule has 1 aliphatic heterocycles. The molecule has 1 heteroatoms. The lowest BCUT2D eigenvalue weighted by Gasteiger charge is -2.35. The molecule has 0 bridgehead atoms. The summed E-state index contributed by atoms with van der Waals surface area (Å²) < 4.78 is 0. The van der Waals surface area contributed by atoms with Crippen molar-refractivity contribution in [3.8, 4) is 0 Å². The summed E-state index contributed by atoms with van der Waals surface area (Å²) in [6.45, 7) is 14.9. The highest BCUT2D eigenvalue weighted by Crippen LogP contribution is 2.18. The lowest BCUT2D eigenvalue weighted by molar-refractivity contribution is 0.226. The van der Waals surface area contributed by atoms with Gasteiger partial charge in [0.05, 0.1) is 0 Å². The van der Waals surface area contributed by atoms with Crippen molar-refractivity contribution in [2.75, 3.05) is 13.1 Å². The van der Waals surface area contributed by atoms with E-state index in [1.165, 1.54) is 13.1 Å². The van der Waals surface area contributed by atoms with Crippen LogP contribution in [-0.2, 0) is 0 Å². The molecule has 0 aliphatic carbocycles. The van der Waals surface area contributed by atoms with Crippen LogP contribution >= 0.6 is 0 Å². The van der Waals surface area contributed by atoms with Crippen LogP contribution < -0.4 is 5.32 Å². The van der Waals surface area contributed by atoms with E-state index < -0.39 is 0 Å². The largest absolute Gasteiger partial charge is 0.316 e. The Bertz CT molecular complexity index is 51.7. The Balaban J connectivity index is 0. The predicted molar refractivity (Wildman–Crippen MR) is 49.3 cm³/mol. The molecule has 1 aliphatic rings. The minimum absolute atomic E-state index is 0.611. The maximum atomic E-state index is 3.20. The standard InChI is InChI=1S/C5H11N.2C2H6/c1-5(2)3-6-4-5;2*1-2/h6H,3-4H2,1-2H3;2*1-2H3. The van der Waals surface area contributed by atoms with Gasteiger partial charge in [0, 0.05) is 13.1 Å². The van der Waals surface area contributed by atoms with Gasteiger partial charge in [-0.2, -0.15) is 0 Å². The van der Waals surface area contributed by atoms with E-state index in [1.54, 1.807) is 0 Å². The zero-order chi connectivity index (χ0) is 8.62. The first-order valence-corrected chi connectivity index (χ1v) is 4.41. The number of rotatable bonds is 0. The van der Waals surface area contributed by atoms with Crippen LogP contribution in [0.5, 0.6) is 0 Å². The quantitative estimate of drug-likeness (QED) is 0.552. The molecule has 0 spiro atoms. The minimum atomic E-state index is 0.611. The van der Waals surface area contributed by atoms with E-state index in [1.807, 2.05) is 27.7 Å². The van der Waals surface area contributed by atoms with Crippen LogP contribution in [0.2, 0.25) is 0 Å². The zero-order valence-electron chi connectivity index (χ0n) is 8.41. The summed E-state index contributed by atoms with van der Waals surface area (Å²) in [6, 6.07) is 0. The van der Waals surface area contributed by atoms with Gasteiger partial charge in [0.15, 0.2) is 0 Å². The molecule has 0 aromatic rings. The number of hydrogen-bond donors (Lipinski definition) is 1. The molecule has 1 fully saturated rings. The predicted octanol–water partition coefficient (Wildman–Crippen LogP) is 2.67. The molecule has 64 valence electrons. The van der Waals surface area contributed by atoms with E-state index in [4.69, 9.17) is 0 Å². The highest BCUT2D eigenvalue weighted by Gasteiger charge is 2.24. The number of nitrogens with one attached hydrogen (secondary N) is 1. The molecule has 0 unspecified atom stereocenters. The fourth-order valence-electron chi connectivity index (χ4n) is 0.625. The molecule has 1 heterocycles. The summed E-state index contributed by atoms with van der Waals surface area (Å²) >= 11 is 0. The van der Waals surface area contributed by atoms with Crippen LogP contribution in [-0.4, -0.2) is 13.1 Å². The second kappa shape index (κ2) is 7.07. The molecule has 0 aromatic heterocycles. The second-order valence-corrected chi connectivity index (χ2v) is 2.77. The molecule has 0 amide bonds. The van der Waals surface area contributed by atoms with Crippen molar-refractivity contribution in [1.82, 2.24) is 5.32 Å². The maximum absolute atomic E-state index is 3.20. The maximum Gasteiger partial charge on any atom is 0.00149 e. The molecule has 0 saturated carbocycles. The van der Waals surface area contributed by atoms with Crippen molar-refractivity contribution in [2.45, 2.75) is 41.5 Å². The van der Waals surface area contributed by atoms with Crippen molar-refractivity contribution < 1.29 is 0 Å². The molecule has 1 nitrogen and oxygen atoms in total. The average Bonchev–Trinajstić information content (AvgIpc) is 1.94. The highest BCUT2D eigenvalue weighted by molar-refractivity contribution is 4.82. The van der Waals surface area contributed by atoms with Gasteiger partial charge in [-0.15, -0.1) is 0 Å². The van der Waals surface area contributed by atoms with Crippen LogP contribution in [0.25, 0.3) is 0 Å². The van der Waals surface area contributed by atoms with E-state index in [-0.39, 0.29) is 0 Å². The van der Waals surface area contributed by atoms with Crippen molar-refractivity contribution >= 4 is 0 Å². The van der Waals surface area contributed by atoms with Crippen LogP contribution in [0.4, 0.5) is 0 Å². The van der Waals surface area contributed by atoms with Crippen molar-refractivity contribution in [2.24, 2.45) is 5.41 Å². The topological polar surface area (TPSA) is 12.0 Å². The Labute approximate surface area is 66.2 Å². The van der Waals surface area contributed by atoms with Gasteiger partial charge < -0.3 is 5.32 Å².